The molecule has 0 radical (unpaired) electrons. The largest absolute Gasteiger partial charge is 0.398 e. The SMILES string of the molecule is Nc1ccc(Br)c2[nH]ncc12. The van der Waals surface area contributed by atoms with Crippen molar-refractivity contribution in [2.75, 3.05) is 5.73 Å². The number of nitrogens with zero attached hydrogens (tertiary/aromatic N) is 1. The van der Waals surface area contributed by atoms with E-state index in [0.29, 0.717) is 0 Å². The first-order valence-corrected chi connectivity index (χ1v) is 3.95. The first-order chi connectivity index (χ1) is 5.29. The summed E-state index contributed by atoms with van der Waals surface area (Å²) in [4.78, 5) is 0. The number of H-pyrrole nitrogens is 1. The van der Waals surface area contributed by atoms with Gasteiger partial charge in [0.1, 0.15) is 0 Å². The third kappa shape index (κ3) is 0.903. The lowest BCUT2D eigenvalue weighted by atomic mass is 10.2. The van der Waals surface area contributed by atoms with Gasteiger partial charge in [-0.3, -0.25) is 5.10 Å². The third-order valence-electron chi connectivity index (χ3n) is 1.60. The molecule has 0 aliphatic rings. The van der Waals surface area contributed by atoms with Crippen molar-refractivity contribution < 1.29 is 0 Å². The van der Waals surface area contributed by atoms with Crippen LogP contribution in [0.2, 0.25) is 0 Å². The minimum absolute atomic E-state index is 0.747. The van der Waals surface area contributed by atoms with E-state index >= 15 is 0 Å². The van der Waals surface area contributed by atoms with Gasteiger partial charge in [0.05, 0.1) is 11.7 Å². The average Bonchev–Trinajstić information content (AvgIpc) is 2.45. The van der Waals surface area contributed by atoms with E-state index in [1.165, 1.54) is 0 Å². The molecule has 0 amide bonds. The van der Waals surface area contributed by atoms with Crippen LogP contribution in [-0.4, -0.2) is 10.2 Å². The van der Waals surface area contributed by atoms with Gasteiger partial charge in [0.25, 0.3) is 0 Å². The van der Waals surface area contributed by atoms with Crippen molar-refractivity contribution in [3.05, 3.63) is 22.8 Å². The van der Waals surface area contributed by atoms with Crippen molar-refractivity contribution in [3.8, 4) is 0 Å². The first kappa shape index (κ1) is 6.67. The van der Waals surface area contributed by atoms with Gasteiger partial charge in [-0.1, -0.05) is 0 Å². The molecule has 3 N–H and O–H groups in total. The Morgan fingerprint density at radius 1 is 1.45 bits per heavy atom. The second kappa shape index (κ2) is 2.23. The number of anilines is 1. The molecule has 56 valence electrons. The van der Waals surface area contributed by atoms with Crippen molar-refractivity contribution >= 4 is 32.5 Å². The zero-order valence-corrected chi connectivity index (χ0v) is 7.22. The van der Waals surface area contributed by atoms with Crippen molar-refractivity contribution in [2.45, 2.75) is 0 Å². The van der Waals surface area contributed by atoms with Gasteiger partial charge in [-0.05, 0) is 28.1 Å². The summed E-state index contributed by atoms with van der Waals surface area (Å²) < 4.78 is 0.985. The summed E-state index contributed by atoms with van der Waals surface area (Å²) in [6.45, 7) is 0. The smallest absolute Gasteiger partial charge is 0.0813 e. The van der Waals surface area contributed by atoms with E-state index in [4.69, 9.17) is 5.73 Å². The Bertz CT molecular complexity index is 357. The van der Waals surface area contributed by atoms with Crippen LogP contribution in [0.25, 0.3) is 10.9 Å². The third-order valence-corrected chi connectivity index (χ3v) is 2.26. The maximum atomic E-state index is 5.69. The monoisotopic (exact) mass is 211 g/mol. The topological polar surface area (TPSA) is 54.7 Å². The van der Waals surface area contributed by atoms with Crippen LogP contribution in [0.1, 0.15) is 0 Å². The summed E-state index contributed by atoms with van der Waals surface area (Å²) in [5, 5.41) is 7.70. The summed E-state index contributed by atoms with van der Waals surface area (Å²) in [5.41, 5.74) is 7.38. The molecule has 11 heavy (non-hydrogen) atoms. The Hall–Kier alpha value is -1.03. The van der Waals surface area contributed by atoms with Crippen LogP contribution in [0.4, 0.5) is 5.69 Å². The summed E-state index contributed by atoms with van der Waals surface area (Å²) in [7, 11) is 0. The zero-order chi connectivity index (χ0) is 7.84. The van der Waals surface area contributed by atoms with Crippen molar-refractivity contribution in [3.63, 3.8) is 0 Å². The van der Waals surface area contributed by atoms with E-state index in [2.05, 4.69) is 26.1 Å². The van der Waals surface area contributed by atoms with E-state index in [-0.39, 0.29) is 0 Å². The molecular weight excluding hydrogens is 206 g/mol. The number of nitrogens with one attached hydrogen (secondary N) is 1. The molecule has 4 heteroatoms. The Morgan fingerprint density at radius 3 is 3.00 bits per heavy atom. The maximum absolute atomic E-state index is 5.69. The highest BCUT2D eigenvalue weighted by Crippen LogP contribution is 2.25. The maximum Gasteiger partial charge on any atom is 0.0813 e. The van der Waals surface area contributed by atoms with E-state index < -0.39 is 0 Å². The number of hydrogen-bond donors (Lipinski definition) is 2. The van der Waals surface area contributed by atoms with Crippen LogP contribution >= 0.6 is 15.9 Å². The molecule has 0 fully saturated rings. The molecule has 0 spiro atoms. The van der Waals surface area contributed by atoms with Gasteiger partial charge < -0.3 is 5.73 Å². The Labute approximate surface area is 71.7 Å². The predicted molar refractivity (Wildman–Crippen MR) is 48.2 cm³/mol. The predicted octanol–water partition coefficient (Wildman–Crippen LogP) is 1.91. The fourth-order valence-corrected chi connectivity index (χ4v) is 1.46. The Balaban J connectivity index is 2.96. The van der Waals surface area contributed by atoms with Gasteiger partial charge in [0.2, 0.25) is 0 Å². The standard InChI is InChI=1S/C7H6BrN3/c8-5-1-2-6(9)4-3-10-11-7(4)5/h1-3H,9H2,(H,10,11). The molecule has 2 rings (SSSR count). The molecule has 1 aromatic heterocycles. The molecule has 0 bridgehead atoms. The van der Waals surface area contributed by atoms with Crippen LogP contribution in [-0.2, 0) is 0 Å². The van der Waals surface area contributed by atoms with Crippen LogP contribution in [0, 0.1) is 0 Å². The van der Waals surface area contributed by atoms with E-state index in [0.717, 1.165) is 21.1 Å². The minimum Gasteiger partial charge on any atom is -0.398 e. The Morgan fingerprint density at radius 2 is 2.27 bits per heavy atom. The zero-order valence-electron chi connectivity index (χ0n) is 5.63. The lowest BCUT2D eigenvalue weighted by molar-refractivity contribution is 1.12. The van der Waals surface area contributed by atoms with Gasteiger partial charge in [-0.2, -0.15) is 5.10 Å². The van der Waals surface area contributed by atoms with Gasteiger partial charge >= 0.3 is 0 Å². The van der Waals surface area contributed by atoms with Crippen molar-refractivity contribution in [1.29, 1.82) is 0 Å². The molecule has 0 saturated heterocycles. The van der Waals surface area contributed by atoms with Crippen molar-refractivity contribution in [2.24, 2.45) is 0 Å². The number of aromatic nitrogens is 2. The number of benzene rings is 1. The summed E-state index contributed by atoms with van der Waals surface area (Å²) >= 11 is 3.38. The molecule has 0 aliphatic carbocycles. The molecule has 1 heterocycles. The summed E-state index contributed by atoms with van der Waals surface area (Å²) in [6, 6.07) is 3.75. The highest BCUT2D eigenvalue weighted by Gasteiger charge is 2.02. The van der Waals surface area contributed by atoms with Crippen LogP contribution < -0.4 is 5.73 Å². The second-order valence-corrected chi connectivity index (χ2v) is 3.15. The number of fused-ring (bicyclic) bond motifs is 1. The summed E-state index contributed by atoms with van der Waals surface area (Å²) in [6.07, 6.45) is 1.72. The molecular formula is C7H6BrN3. The molecule has 0 unspecified atom stereocenters. The summed E-state index contributed by atoms with van der Waals surface area (Å²) in [5.74, 6) is 0. The van der Waals surface area contributed by atoms with Crippen LogP contribution in [0.5, 0.6) is 0 Å². The molecule has 0 aliphatic heterocycles. The number of nitrogens with two attached hydrogens (primary N) is 1. The van der Waals surface area contributed by atoms with Gasteiger partial charge in [0.15, 0.2) is 0 Å². The molecule has 3 nitrogen and oxygen atoms in total. The van der Waals surface area contributed by atoms with E-state index in [1.54, 1.807) is 6.20 Å². The fourth-order valence-electron chi connectivity index (χ4n) is 1.02. The van der Waals surface area contributed by atoms with Crippen LogP contribution in [0.3, 0.4) is 0 Å². The van der Waals surface area contributed by atoms with Crippen molar-refractivity contribution in [1.82, 2.24) is 10.2 Å². The van der Waals surface area contributed by atoms with Gasteiger partial charge in [0, 0.05) is 15.5 Å². The number of aromatic amines is 1. The van der Waals surface area contributed by atoms with Crippen LogP contribution in [0.15, 0.2) is 22.8 Å². The number of rotatable bonds is 0. The number of nitrogen functional groups attached to an aromatic ring is 1. The first-order valence-electron chi connectivity index (χ1n) is 3.16. The van der Waals surface area contributed by atoms with Gasteiger partial charge in [-0.15, -0.1) is 0 Å². The number of hydrogen-bond acceptors (Lipinski definition) is 2. The van der Waals surface area contributed by atoms with Gasteiger partial charge in [-0.25, -0.2) is 0 Å². The quantitative estimate of drug-likeness (QED) is 0.655. The highest BCUT2D eigenvalue weighted by molar-refractivity contribution is 9.10. The lowest BCUT2D eigenvalue weighted by Gasteiger charge is -1.95. The minimum atomic E-state index is 0.747. The second-order valence-electron chi connectivity index (χ2n) is 2.30. The van der Waals surface area contributed by atoms with E-state index in [9.17, 15) is 0 Å². The Kier molecular flexibility index (Phi) is 1.35. The normalized spacial score (nSPS) is 10.6. The number of halogens is 1. The molecule has 0 atom stereocenters. The molecule has 0 saturated carbocycles. The molecule has 1 aromatic carbocycles. The fraction of sp³-hybridized carbons (Fsp3) is 0. The average molecular weight is 212 g/mol. The molecule has 2 aromatic rings. The lowest BCUT2D eigenvalue weighted by Crippen LogP contribution is -1.84. The highest BCUT2D eigenvalue weighted by atomic mass is 79.9. The van der Waals surface area contributed by atoms with E-state index in [1.807, 2.05) is 12.1 Å².